The Bertz CT molecular complexity index is 279. The van der Waals surface area contributed by atoms with Gasteiger partial charge in [0, 0.05) is 37.6 Å². The Balaban J connectivity index is 1.91. The highest BCUT2D eigenvalue weighted by Crippen LogP contribution is 2.29. The molecule has 2 rings (SSSR count). The maximum Gasteiger partial charge on any atom is 0.225 e. The lowest BCUT2D eigenvalue weighted by atomic mass is 9.78. The molecular weight excluding hydrogens is 226 g/mol. The summed E-state index contributed by atoms with van der Waals surface area (Å²) >= 11 is 0. The summed E-state index contributed by atoms with van der Waals surface area (Å²) in [6.07, 6.45) is 2.95. The fourth-order valence-corrected chi connectivity index (χ4v) is 3.15. The van der Waals surface area contributed by atoms with Crippen LogP contribution in [0.3, 0.4) is 0 Å². The lowest BCUT2D eigenvalue weighted by Gasteiger charge is -2.40. The van der Waals surface area contributed by atoms with E-state index in [9.17, 15) is 4.79 Å². The maximum atomic E-state index is 12.5. The molecule has 4 unspecified atom stereocenters. The monoisotopic (exact) mass is 253 g/mol. The number of likely N-dealkylation sites (N-methyl/N-ethyl adjacent to an activating group) is 1. The summed E-state index contributed by atoms with van der Waals surface area (Å²) in [7, 11) is 2.13. The Morgan fingerprint density at radius 3 is 2.56 bits per heavy atom. The van der Waals surface area contributed by atoms with Crippen LogP contribution in [0, 0.1) is 11.8 Å². The van der Waals surface area contributed by atoms with Gasteiger partial charge in [-0.3, -0.25) is 4.79 Å². The van der Waals surface area contributed by atoms with Crippen LogP contribution in [0.5, 0.6) is 0 Å². The molecule has 0 radical (unpaired) electrons. The molecule has 4 atom stereocenters. The smallest absolute Gasteiger partial charge is 0.225 e. The molecule has 4 heteroatoms. The van der Waals surface area contributed by atoms with Gasteiger partial charge >= 0.3 is 0 Å². The van der Waals surface area contributed by atoms with Crippen molar-refractivity contribution in [2.75, 3.05) is 26.7 Å². The fraction of sp³-hybridized carbons (Fsp3) is 0.929. The predicted molar refractivity (Wildman–Crippen MR) is 73.2 cm³/mol. The van der Waals surface area contributed by atoms with Crippen molar-refractivity contribution in [2.45, 2.75) is 45.2 Å². The van der Waals surface area contributed by atoms with Crippen molar-refractivity contribution in [3.05, 3.63) is 0 Å². The van der Waals surface area contributed by atoms with Crippen LogP contribution in [-0.2, 0) is 4.79 Å². The first kappa shape index (κ1) is 13.8. The zero-order chi connectivity index (χ0) is 13.3. The van der Waals surface area contributed by atoms with Crippen molar-refractivity contribution in [3.63, 3.8) is 0 Å². The summed E-state index contributed by atoms with van der Waals surface area (Å²) in [6, 6.07) is 0.770. The summed E-state index contributed by atoms with van der Waals surface area (Å²) in [5.41, 5.74) is 6.03. The number of nitrogens with zero attached hydrogens (tertiary/aromatic N) is 2. The molecule has 0 spiro atoms. The van der Waals surface area contributed by atoms with Crippen molar-refractivity contribution in [2.24, 2.45) is 17.6 Å². The molecule has 1 saturated heterocycles. The van der Waals surface area contributed by atoms with Gasteiger partial charge in [0.15, 0.2) is 0 Å². The van der Waals surface area contributed by atoms with Crippen molar-refractivity contribution in [1.29, 1.82) is 0 Å². The Hall–Kier alpha value is -0.610. The molecule has 2 aliphatic rings. The Kier molecular flexibility index (Phi) is 4.28. The van der Waals surface area contributed by atoms with Gasteiger partial charge in [0.2, 0.25) is 5.91 Å². The topological polar surface area (TPSA) is 49.6 Å². The molecule has 0 bridgehead atoms. The molecule has 2 N–H and O–H groups in total. The number of hydrogen-bond donors (Lipinski definition) is 1. The first-order valence-corrected chi connectivity index (χ1v) is 7.23. The van der Waals surface area contributed by atoms with Crippen molar-refractivity contribution in [3.8, 4) is 0 Å². The molecule has 0 aromatic rings. The molecular formula is C14H27N3O. The van der Waals surface area contributed by atoms with Gasteiger partial charge in [0.05, 0.1) is 0 Å². The average molecular weight is 253 g/mol. The molecule has 0 aromatic heterocycles. The van der Waals surface area contributed by atoms with E-state index in [4.69, 9.17) is 5.73 Å². The van der Waals surface area contributed by atoms with Gasteiger partial charge in [-0.25, -0.2) is 0 Å². The molecule has 1 saturated carbocycles. The number of rotatable bonds is 1. The second-order valence-corrected chi connectivity index (χ2v) is 6.26. The molecule has 18 heavy (non-hydrogen) atoms. The van der Waals surface area contributed by atoms with E-state index in [1.54, 1.807) is 0 Å². The summed E-state index contributed by atoms with van der Waals surface area (Å²) < 4.78 is 0. The molecule has 1 amide bonds. The molecule has 1 heterocycles. The summed E-state index contributed by atoms with van der Waals surface area (Å²) in [6.45, 7) is 7.13. The quantitative estimate of drug-likeness (QED) is 0.756. The largest absolute Gasteiger partial charge is 0.340 e. The Morgan fingerprint density at radius 2 is 1.94 bits per heavy atom. The van der Waals surface area contributed by atoms with Crippen LogP contribution in [0.25, 0.3) is 0 Å². The van der Waals surface area contributed by atoms with E-state index >= 15 is 0 Å². The normalized spacial score (nSPS) is 38.8. The lowest BCUT2D eigenvalue weighted by molar-refractivity contribution is -0.139. The van der Waals surface area contributed by atoms with Gasteiger partial charge in [-0.15, -0.1) is 0 Å². The Labute approximate surface area is 110 Å². The molecule has 104 valence electrons. The molecule has 1 aliphatic carbocycles. The third kappa shape index (κ3) is 2.86. The number of carbonyl (C=O) groups excluding carboxylic acids is 1. The van der Waals surface area contributed by atoms with Crippen molar-refractivity contribution >= 4 is 5.91 Å². The lowest BCUT2D eigenvalue weighted by Crippen LogP contribution is -2.54. The summed E-state index contributed by atoms with van der Waals surface area (Å²) in [4.78, 5) is 16.9. The van der Waals surface area contributed by atoms with Gasteiger partial charge in [-0.05, 0) is 39.2 Å². The third-order valence-corrected chi connectivity index (χ3v) is 4.86. The minimum atomic E-state index is 0.218. The average Bonchev–Trinajstić information content (AvgIpc) is 2.35. The zero-order valence-electron chi connectivity index (χ0n) is 11.9. The highest BCUT2D eigenvalue weighted by atomic mass is 16.2. The second-order valence-electron chi connectivity index (χ2n) is 6.26. The van der Waals surface area contributed by atoms with E-state index in [1.807, 2.05) is 0 Å². The minimum Gasteiger partial charge on any atom is -0.340 e. The van der Waals surface area contributed by atoms with E-state index < -0.39 is 0 Å². The van der Waals surface area contributed by atoms with E-state index in [0.29, 0.717) is 23.9 Å². The van der Waals surface area contributed by atoms with Gasteiger partial charge < -0.3 is 15.5 Å². The van der Waals surface area contributed by atoms with Crippen LogP contribution in [0.4, 0.5) is 0 Å². The van der Waals surface area contributed by atoms with Gasteiger partial charge in [-0.1, -0.05) is 6.92 Å². The van der Waals surface area contributed by atoms with Crippen LogP contribution < -0.4 is 5.73 Å². The van der Waals surface area contributed by atoms with E-state index in [2.05, 4.69) is 30.7 Å². The second kappa shape index (κ2) is 5.57. The third-order valence-electron chi connectivity index (χ3n) is 4.86. The van der Waals surface area contributed by atoms with E-state index in [0.717, 1.165) is 38.9 Å². The Morgan fingerprint density at radius 1 is 1.22 bits per heavy atom. The SMILES string of the molecule is CC1CC(C(=O)N2CCN(C)C(C)C2)CCC1N. The van der Waals surface area contributed by atoms with Crippen molar-refractivity contribution < 1.29 is 4.79 Å². The number of hydrogen-bond acceptors (Lipinski definition) is 3. The van der Waals surface area contributed by atoms with Gasteiger partial charge in [0.25, 0.3) is 0 Å². The molecule has 1 aliphatic heterocycles. The van der Waals surface area contributed by atoms with Crippen LogP contribution in [0.2, 0.25) is 0 Å². The maximum absolute atomic E-state index is 12.5. The number of nitrogens with two attached hydrogens (primary N) is 1. The zero-order valence-corrected chi connectivity index (χ0v) is 11.9. The molecule has 0 aromatic carbocycles. The van der Waals surface area contributed by atoms with E-state index in [1.165, 1.54) is 0 Å². The fourth-order valence-electron chi connectivity index (χ4n) is 3.15. The number of carbonyl (C=O) groups is 1. The minimum absolute atomic E-state index is 0.218. The van der Waals surface area contributed by atoms with Gasteiger partial charge in [-0.2, -0.15) is 0 Å². The number of amides is 1. The van der Waals surface area contributed by atoms with Crippen LogP contribution in [0.15, 0.2) is 0 Å². The number of piperazine rings is 1. The van der Waals surface area contributed by atoms with Crippen LogP contribution in [-0.4, -0.2) is 54.5 Å². The standard InChI is InChI=1S/C14H27N3O/c1-10-8-12(4-5-13(10)15)14(18)17-7-6-16(3)11(2)9-17/h10-13H,4-9,15H2,1-3H3. The van der Waals surface area contributed by atoms with Crippen molar-refractivity contribution in [1.82, 2.24) is 9.80 Å². The summed E-state index contributed by atoms with van der Waals surface area (Å²) in [5.74, 6) is 1.07. The predicted octanol–water partition coefficient (Wildman–Crippen LogP) is 0.912. The van der Waals surface area contributed by atoms with Crippen LogP contribution >= 0.6 is 0 Å². The van der Waals surface area contributed by atoms with E-state index in [-0.39, 0.29) is 5.92 Å². The first-order chi connectivity index (χ1) is 8.49. The highest BCUT2D eigenvalue weighted by Gasteiger charge is 2.34. The first-order valence-electron chi connectivity index (χ1n) is 7.23. The van der Waals surface area contributed by atoms with Gasteiger partial charge in [0.1, 0.15) is 0 Å². The summed E-state index contributed by atoms with van der Waals surface area (Å²) in [5, 5.41) is 0. The highest BCUT2D eigenvalue weighted by molar-refractivity contribution is 5.79. The molecule has 2 fully saturated rings. The molecule has 4 nitrogen and oxygen atoms in total. The van der Waals surface area contributed by atoms with Crippen LogP contribution in [0.1, 0.15) is 33.1 Å².